The molecule has 6 nitrogen and oxygen atoms in total. The quantitative estimate of drug-likeness (QED) is 0.897. The molecule has 23 heavy (non-hydrogen) atoms. The van der Waals surface area contributed by atoms with Crippen LogP contribution in [0.5, 0.6) is 11.5 Å². The molecule has 1 aliphatic heterocycles. The van der Waals surface area contributed by atoms with Crippen LogP contribution in [0.3, 0.4) is 0 Å². The molecule has 0 saturated carbocycles. The Kier molecular flexibility index (Phi) is 3.96. The van der Waals surface area contributed by atoms with Gasteiger partial charge in [-0.2, -0.15) is 0 Å². The Labute approximate surface area is 136 Å². The van der Waals surface area contributed by atoms with E-state index in [9.17, 15) is 14.7 Å². The maximum atomic E-state index is 12.4. The number of amides is 1. The van der Waals surface area contributed by atoms with E-state index in [4.69, 9.17) is 9.47 Å². The summed E-state index contributed by atoms with van der Waals surface area (Å²) in [6, 6.07) is 4.86. The molecule has 0 spiro atoms. The van der Waals surface area contributed by atoms with Crippen LogP contribution < -0.4 is 14.8 Å². The summed E-state index contributed by atoms with van der Waals surface area (Å²) in [7, 11) is 0. The van der Waals surface area contributed by atoms with Gasteiger partial charge < -0.3 is 19.9 Å². The van der Waals surface area contributed by atoms with Gasteiger partial charge in [-0.05, 0) is 37.1 Å². The van der Waals surface area contributed by atoms with Crippen molar-refractivity contribution in [3.05, 3.63) is 39.8 Å². The van der Waals surface area contributed by atoms with E-state index in [1.165, 1.54) is 11.3 Å². The van der Waals surface area contributed by atoms with Crippen LogP contribution in [0, 0.1) is 6.92 Å². The standard InChI is InChI=1S/C16H15NO5S/c1-3-10-8(2)23-15(13(10)16(19)20)17-14(18)9-4-5-11-12(6-9)22-7-21-11/h4-6H,3,7H2,1-2H3,(H,17,18)(H,19,20). The first kappa shape index (κ1) is 15.4. The Hall–Kier alpha value is -2.54. The van der Waals surface area contributed by atoms with Gasteiger partial charge in [0.25, 0.3) is 5.91 Å². The zero-order valence-corrected chi connectivity index (χ0v) is 13.5. The summed E-state index contributed by atoms with van der Waals surface area (Å²) in [6.45, 7) is 3.88. The molecular weight excluding hydrogens is 318 g/mol. The van der Waals surface area contributed by atoms with Gasteiger partial charge in [-0.15, -0.1) is 11.3 Å². The zero-order valence-electron chi connectivity index (χ0n) is 12.6. The van der Waals surface area contributed by atoms with Crippen LogP contribution in [-0.4, -0.2) is 23.8 Å². The van der Waals surface area contributed by atoms with Crippen LogP contribution in [-0.2, 0) is 6.42 Å². The summed E-state index contributed by atoms with van der Waals surface area (Å²) < 4.78 is 10.5. The van der Waals surface area contributed by atoms with E-state index in [0.29, 0.717) is 28.5 Å². The fraction of sp³-hybridized carbons (Fsp3) is 0.250. The summed E-state index contributed by atoms with van der Waals surface area (Å²) in [5.41, 5.74) is 1.31. The Morgan fingerprint density at radius 1 is 1.30 bits per heavy atom. The van der Waals surface area contributed by atoms with Crippen molar-refractivity contribution in [2.24, 2.45) is 0 Å². The molecule has 3 rings (SSSR count). The number of rotatable bonds is 4. The number of thiophene rings is 1. The SMILES string of the molecule is CCc1c(C)sc(NC(=O)c2ccc3c(c2)OCO3)c1C(=O)O. The summed E-state index contributed by atoms with van der Waals surface area (Å²) in [5, 5.41) is 12.5. The van der Waals surface area contributed by atoms with Crippen molar-refractivity contribution in [3.8, 4) is 11.5 Å². The number of hydrogen-bond donors (Lipinski definition) is 2. The molecule has 1 aromatic carbocycles. The van der Waals surface area contributed by atoms with E-state index in [-0.39, 0.29) is 18.3 Å². The second kappa shape index (κ2) is 5.92. The lowest BCUT2D eigenvalue weighted by molar-refractivity contribution is 0.0697. The molecule has 0 radical (unpaired) electrons. The molecule has 0 aliphatic carbocycles. The van der Waals surface area contributed by atoms with Gasteiger partial charge in [0.15, 0.2) is 11.5 Å². The number of anilines is 1. The third kappa shape index (κ3) is 2.75. The molecule has 0 atom stereocenters. The number of aromatic carboxylic acids is 1. The van der Waals surface area contributed by atoms with Gasteiger partial charge in [-0.25, -0.2) is 4.79 Å². The molecule has 2 N–H and O–H groups in total. The fourth-order valence-electron chi connectivity index (χ4n) is 2.53. The minimum Gasteiger partial charge on any atom is -0.478 e. The first-order valence-corrected chi connectivity index (χ1v) is 7.89. The Morgan fingerprint density at radius 3 is 2.74 bits per heavy atom. The lowest BCUT2D eigenvalue weighted by Crippen LogP contribution is -2.13. The maximum absolute atomic E-state index is 12.4. The molecule has 0 saturated heterocycles. The van der Waals surface area contributed by atoms with Gasteiger partial charge in [0.05, 0.1) is 5.56 Å². The number of carbonyl (C=O) groups is 2. The first-order chi connectivity index (χ1) is 11.0. The van der Waals surface area contributed by atoms with E-state index in [1.807, 2.05) is 13.8 Å². The van der Waals surface area contributed by atoms with E-state index in [2.05, 4.69) is 5.32 Å². The number of carboxylic acids is 1. The van der Waals surface area contributed by atoms with Crippen LogP contribution in [0.4, 0.5) is 5.00 Å². The summed E-state index contributed by atoms with van der Waals surface area (Å²) in [6.07, 6.45) is 0.601. The number of hydrogen-bond acceptors (Lipinski definition) is 5. The normalized spacial score (nSPS) is 12.3. The average molecular weight is 333 g/mol. The number of benzene rings is 1. The van der Waals surface area contributed by atoms with Gasteiger partial charge in [0.2, 0.25) is 6.79 Å². The predicted octanol–water partition coefficient (Wildman–Crippen LogP) is 3.30. The zero-order chi connectivity index (χ0) is 16.6. The van der Waals surface area contributed by atoms with E-state index in [0.717, 1.165) is 10.4 Å². The average Bonchev–Trinajstić information content (AvgIpc) is 3.09. The van der Waals surface area contributed by atoms with Gasteiger partial charge >= 0.3 is 5.97 Å². The van der Waals surface area contributed by atoms with Crippen molar-refractivity contribution in [1.29, 1.82) is 0 Å². The first-order valence-electron chi connectivity index (χ1n) is 7.07. The number of ether oxygens (including phenoxy) is 2. The second-order valence-electron chi connectivity index (χ2n) is 5.02. The number of aryl methyl sites for hydroxylation is 1. The number of carbonyl (C=O) groups excluding carboxylic acids is 1. The van der Waals surface area contributed by atoms with Crippen LogP contribution in [0.1, 0.15) is 38.1 Å². The number of carboxylic acid groups (broad SMARTS) is 1. The third-order valence-corrected chi connectivity index (χ3v) is 4.70. The monoisotopic (exact) mass is 333 g/mol. The molecule has 0 unspecified atom stereocenters. The Balaban J connectivity index is 1.90. The minimum absolute atomic E-state index is 0.132. The van der Waals surface area contributed by atoms with Crippen molar-refractivity contribution in [2.45, 2.75) is 20.3 Å². The molecule has 2 heterocycles. The van der Waals surface area contributed by atoms with Crippen molar-refractivity contribution in [1.82, 2.24) is 0 Å². The van der Waals surface area contributed by atoms with Crippen LogP contribution in [0.15, 0.2) is 18.2 Å². The van der Waals surface area contributed by atoms with Crippen molar-refractivity contribution in [2.75, 3.05) is 12.1 Å². The molecule has 1 aromatic heterocycles. The summed E-state index contributed by atoms with van der Waals surface area (Å²) in [5.74, 6) is -0.317. The largest absolute Gasteiger partial charge is 0.478 e. The van der Waals surface area contributed by atoms with Gasteiger partial charge in [-0.3, -0.25) is 4.79 Å². The van der Waals surface area contributed by atoms with Crippen molar-refractivity contribution >= 4 is 28.2 Å². The van der Waals surface area contributed by atoms with Crippen LogP contribution in [0.2, 0.25) is 0 Å². The van der Waals surface area contributed by atoms with E-state index < -0.39 is 5.97 Å². The molecule has 2 aromatic rings. The lowest BCUT2D eigenvalue weighted by atomic mass is 10.1. The number of fused-ring (bicyclic) bond motifs is 1. The molecule has 120 valence electrons. The molecule has 0 fully saturated rings. The molecular formula is C16H15NO5S. The summed E-state index contributed by atoms with van der Waals surface area (Å²) in [4.78, 5) is 24.8. The topological polar surface area (TPSA) is 84.9 Å². The van der Waals surface area contributed by atoms with E-state index >= 15 is 0 Å². The molecule has 1 aliphatic rings. The Morgan fingerprint density at radius 2 is 2.04 bits per heavy atom. The minimum atomic E-state index is -1.04. The van der Waals surface area contributed by atoms with Gasteiger partial charge in [-0.1, -0.05) is 6.92 Å². The maximum Gasteiger partial charge on any atom is 0.339 e. The smallest absolute Gasteiger partial charge is 0.339 e. The fourth-order valence-corrected chi connectivity index (χ4v) is 3.66. The number of nitrogens with one attached hydrogen (secondary N) is 1. The van der Waals surface area contributed by atoms with Crippen molar-refractivity contribution in [3.63, 3.8) is 0 Å². The highest BCUT2D eigenvalue weighted by atomic mass is 32.1. The second-order valence-corrected chi connectivity index (χ2v) is 6.25. The van der Waals surface area contributed by atoms with Gasteiger partial charge in [0, 0.05) is 10.4 Å². The van der Waals surface area contributed by atoms with Crippen LogP contribution >= 0.6 is 11.3 Å². The van der Waals surface area contributed by atoms with Gasteiger partial charge in [0.1, 0.15) is 5.00 Å². The third-order valence-electron chi connectivity index (χ3n) is 3.64. The molecule has 0 bridgehead atoms. The highest BCUT2D eigenvalue weighted by molar-refractivity contribution is 7.16. The van der Waals surface area contributed by atoms with Crippen molar-refractivity contribution < 1.29 is 24.2 Å². The lowest BCUT2D eigenvalue weighted by Gasteiger charge is -2.06. The Bertz CT molecular complexity index is 796. The van der Waals surface area contributed by atoms with E-state index in [1.54, 1.807) is 18.2 Å². The highest BCUT2D eigenvalue weighted by Crippen LogP contribution is 2.35. The summed E-state index contributed by atoms with van der Waals surface area (Å²) >= 11 is 1.27. The molecule has 7 heteroatoms. The predicted molar refractivity (Wildman–Crippen MR) is 85.9 cm³/mol. The van der Waals surface area contributed by atoms with Crippen LogP contribution in [0.25, 0.3) is 0 Å². The highest BCUT2D eigenvalue weighted by Gasteiger charge is 2.23. The molecule has 1 amide bonds.